The zero-order chi connectivity index (χ0) is 20.1. The fraction of sp³-hybridized carbons (Fsp3) is 0.0476. The highest BCUT2D eigenvalue weighted by Crippen LogP contribution is 2.27. The summed E-state index contributed by atoms with van der Waals surface area (Å²) in [7, 11) is 0. The molecule has 0 aliphatic heterocycles. The van der Waals surface area contributed by atoms with Crippen molar-refractivity contribution in [2.75, 3.05) is 5.32 Å². The number of hydrogen-bond donors (Lipinski definition) is 1. The van der Waals surface area contributed by atoms with E-state index >= 15 is 0 Å². The minimum atomic E-state index is -0.479. The Kier molecular flexibility index (Phi) is 5.62. The highest BCUT2D eigenvalue weighted by atomic mass is 32.2. The third kappa shape index (κ3) is 4.33. The van der Waals surface area contributed by atoms with Crippen molar-refractivity contribution in [1.82, 2.24) is 20.2 Å². The molecule has 0 spiro atoms. The first kappa shape index (κ1) is 18.8. The molecule has 1 amide bonds. The smallest absolute Gasteiger partial charge is 0.256 e. The number of nitrogens with one attached hydrogen (secondary N) is 1. The maximum atomic E-state index is 13.9. The van der Waals surface area contributed by atoms with Crippen LogP contribution in [0.5, 0.6) is 0 Å². The number of amides is 1. The SMILES string of the molecule is O=C(Nc1ccccc1F)c1ccccc1SCc1nnnn1-c1ccccc1. The molecule has 4 rings (SSSR count). The molecule has 1 aromatic heterocycles. The summed E-state index contributed by atoms with van der Waals surface area (Å²) in [6, 6.07) is 22.8. The van der Waals surface area contributed by atoms with Crippen LogP contribution in [0.15, 0.2) is 83.8 Å². The number of hydrogen-bond acceptors (Lipinski definition) is 5. The molecular formula is C21H16FN5OS. The van der Waals surface area contributed by atoms with Crippen molar-refractivity contribution in [1.29, 1.82) is 0 Å². The number of carbonyl (C=O) groups is 1. The number of tetrazole rings is 1. The van der Waals surface area contributed by atoms with Crippen LogP contribution in [0.3, 0.4) is 0 Å². The van der Waals surface area contributed by atoms with E-state index in [1.54, 1.807) is 28.9 Å². The number of thioether (sulfide) groups is 1. The summed E-state index contributed by atoms with van der Waals surface area (Å²) in [6.45, 7) is 0. The van der Waals surface area contributed by atoms with Gasteiger partial charge in [0.2, 0.25) is 0 Å². The van der Waals surface area contributed by atoms with Crippen LogP contribution < -0.4 is 5.32 Å². The molecule has 3 aromatic carbocycles. The molecule has 0 saturated heterocycles. The normalized spacial score (nSPS) is 10.7. The molecule has 0 saturated carbocycles. The fourth-order valence-electron chi connectivity index (χ4n) is 2.74. The van der Waals surface area contributed by atoms with Gasteiger partial charge in [0.1, 0.15) is 5.82 Å². The van der Waals surface area contributed by atoms with Crippen molar-refractivity contribution in [3.05, 3.63) is 96.1 Å². The number of rotatable bonds is 6. The number of carbonyl (C=O) groups excluding carboxylic acids is 1. The van der Waals surface area contributed by atoms with Crippen LogP contribution in [0.25, 0.3) is 5.69 Å². The second kappa shape index (κ2) is 8.66. The van der Waals surface area contributed by atoms with Crippen molar-refractivity contribution < 1.29 is 9.18 Å². The van der Waals surface area contributed by atoms with Crippen molar-refractivity contribution in [2.45, 2.75) is 10.6 Å². The van der Waals surface area contributed by atoms with Crippen LogP contribution in [0, 0.1) is 5.82 Å². The fourth-order valence-corrected chi connectivity index (χ4v) is 3.70. The van der Waals surface area contributed by atoms with E-state index in [9.17, 15) is 9.18 Å². The van der Waals surface area contributed by atoms with Crippen molar-refractivity contribution in [3.8, 4) is 5.69 Å². The van der Waals surface area contributed by atoms with Crippen LogP contribution in [0.1, 0.15) is 16.2 Å². The number of anilines is 1. The average molecular weight is 405 g/mol. The van der Waals surface area contributed by atoms with Gasteiger partial charge >= 0.3 is 0 Å². The highest BCUT2D eigenvalue weighted by molar-refractivity contribution is 7.98. The molecule has 8 heteroatoms. The van der Waals surface area contributed by atoms with Gasteiger partial charge in [-0.25, -0.2) is 4.39 Å². The van der Waals surface area contributed by atoms with Gasteiger partial charge < -0.3 is 5.32 Å². The Morgan fingerprint density at radius 3 is 2.52 bits per heavy atom. The Morgan fingerprint density at radius 2 is 1.69 bits per heavy atom. The van der Waals surface area contributed by atoms with Gasteiger partial charge in [-0.2, -0.15) is 4.68 Å². The van der Waals surface area contributed by atoms with Gasteiger partial charge in [-0.1, -0.05) is 42.5 Å². The number of para-hydroxylation sites is 2. The van der Waals surface area contributed by atoms with Crippen LogP contribution in [0.4, 0.5) is 10.1 Å². The van der Waals surface area contributed by atoms with Gasteiger partial charge in [0.05, 0.1) is 22.7 Å². The molecule has 144 valence electrons. The Hall–Kier alpha value is -3.52. The van der Waals surface area contributed by atoms with Crippen molar-refractivity contribution in [2.24, 2.45) is 0 Å². The van der Waals surface area contributed by atoms with Crippen molar-refractivity contribution >= 4 is 23.4 Å². The molecule has 0 aliphatic carbocycles. The maximum absolute atomic E-state index is 13.9. The molecule has 0 unspecified atom stereocenters. The van der Waals surface area contributed by atoms with Crippen LogP contribution in [-0.4, -0.2) is 26.1 Å². The zero-order valence-electron chi connectivity index (χ0n) is 15.2. The lowest BCUT2D eigenvalue weighted by Crippen LogP contribution is -2.14. The van der Waals surface area contributed by atoms with E-state index in [0.29, 0.717) is 17.1 Å². The Balaban J connectivity index is 1.52. The maximum Gasteiger partial charge on any atom is 0.256 e. The minimum Gasteiger partial charge on any atom is -0.319 e. The zero-order valence-corrected chi connectivity index (χ0v) is 16.0. The first-order valence-corrected chi connectivity index (χ1v) is 9.81. The Labute approximate surface area is 170 Å². The lowest BCUT2D eigenvalue weighted by Gasteiger charge is -2.10. The first-order valence-electron chi connectivity index (χ1n) is 8.83. The molecule has 6 nitrogen and oxygen atoms in total. The summed E-state index contributed by atoms with van der Waals surface area (Å²) in [4.78, 5) is 13.5. The average Bonchev–Trinajstić information content (AvgIpc) is 3.23. The van der Waals surface area contributed by atoms with E-state index in [2.05, 4.69) is 20.8 Å². The van der Waals surface area contributed by atoms with E-state index in [1.165, 1.54) is 23.9 Å². The Morgan fingerprint density at radius 1 is 0.966 bits per heavy atom. The summed E-state index contributed by atoms with van der Waals surface area (Å²) >= 11 is 1.44. The molecule has 1 heterocycles. The molecule has 1 N–H and O–H groups in total. The largest absolute Gasteiger partial charge is 0.319 e. The second-order valence-corrected chi connectivity index (χ2v) is 7.08. The molecule has 29 heavy (non-hydrogen) atoms. The topological polar surface area (TPSA) is 72.7 Å². The van der Waals surface area contributed by atoms with E-state index < -0.39 is 5.82 Å². The predicted octanol–water partition coefficient (Wildman–Crippen LogP) is 4.35. The molecule has 0 radical (unpaired) electrons. The lowest BCUT2D eigenvalue weighted by molar-refractivity contribution is 0.102. The molecule has 0 aliphatic rings. The van der Waals surface area contributed by atoms with E-state index in [0.717, 1.165) is 10.6 Å². The minimum absolute atomic E-state index is 0.144. The second-order valence-electron chi connectivity index (χ2n) is 6.06. The highest BCUT2D eigenvalue weighted by Gasteiger charge is 2.15. The quantitative estimate of drug-likeness (QED) is 0.483. The summed E-state index contributed by atoms with van der Waals surface area (Å²) in [5.41, 5.74) is 1.46. The number of halogens is 1. The number of aromatic nitrogens is 4. The van der Waals surface area contributed by atoms with Gasteiger partial charge in [-0.3, -0.25) is 4.79 Å². The molecule has 4 aromatic rings. The van der Waals surface area contributed by atoms with E-state index in [-0.39, 0.29) is 11.6 Å². The summed E-state index contributed by atoms with van der Waals surface area (Å²) in [6.07, 6.45) is 0. The van der Waals surface area contributed by atoms with Crippen LogP contribution in [0.2, 0.25) is 0 Å². The monoisotopic (exact) mass is 405 g/mol. The van der Waals surface area contributed by atoms with E-state index in [4.69, 9.17) is 0 Å². The summed E-state index contributed by atoms with van der Waals surface area (Å²) in [5, 5.41) is 14.5. The third-order valence-electron chi connectivity index (χ3n) is 4.15. The molecule has 0 atom stereocenters. The third-order valence-corrected chi connectivity index (χ3v) is 5.21. The van der Waals surface area contributed by atoms with Gasteiger partial charge in [0.25, 0.3) is 5.91 Å². The van der Waals surface area contributed by atoms with Gasteiger partial charge in [0.15, 0.2) is 5.82 Å². The predicted molar refractivity (Wildman–Crippen MR) is 110 cm³/mol. The molecular weight excluding hydrogens is 389 g/mol. The van der Waals surface area contributed by atoms with Crippen LogP contribution >= 0.6 is 11.8 Å². The number of nitrogens with zero attached hydrogens (tertiary/aromatic N) is 4. The summed E-state index contributed by atoms with van der Waals surface area (Å²) < 4.78 is 15.5. The van der Waals surface area contributed by atoms with Crippen molar-refractivity contribution in [3.63, 3.8) is 0 Å². The summed E-state index contributed by atoms with van der Waals surface area (Å²) in [5.74, 6) is 0.269. The molecule has 0 bridgehead atoms. The van der Waals surface area contributed by atoms with Crippen LogP contribution in [-0.2, 0) is 5.75 Å². The van der Waals surface area contributed by atoms with Gasteiger partial charge in [-0.15, -0.1) is 16.9 Å². The van der Waals surface area contributed by atoms with Gasteiger partial charge in [-0.05, 0) is 46.8 Å². The lowest BCUT2D eigenvalue weighted by atomic mass is 10.2. The Bertz CT molecular complexity index is 1130. The number of benzene rings is 3. The standard InChI is InChI=1S/C21H16FN5OS/c22-17-11-5-6-12-18(17)23-21(28)16-10-4-7-13-19(16)29-14-20-24-25-26-27(20)15-8-2-1-3-9-15/h1-13H,14H2,(H,23,28). The van der Waals surface area contributed by atoms with E-state index in [1.807, 2.05) is 42.5 Å². The van der Waals surface area contributed by atoms with Gasteiger partial charge in [0, 0.05) is 4.90 Å². The first-order chi connectivity index (χ1) is 14.2. The molecule has 0 fully saturated rings.